The van der Waals surface area contributed by atoms with Crippen LogP contribution in [-0.2, 0) is 0 Å². The van der Waals surface area contributed by atoms with Gasteiger partial charge in [-0.2, -0.15) is 0 Å². The first-order valence-electron chi connectivity index (χ1n) is 3.38. The molecule has 2 N–H and O–H groups in total. The van der Waals surface area contributed by atoms with Crippen LogP contribution in [0.4, 0.5) is 8.78 Å². The van der Waals surface area contributed by atoms with E-state index in [1.165, 1.54) is 6.07 Å². The van der Waals surface area contributed by atoms with E-state index in [9.17, 15) is 8.78 Å². The second-order valence-corrected chi connectivity index (χ2v) is 2.36. The van der Waals surface area contributed by atoms with Gasteiger partial charge in [-0.25, -0.2) is 8.78 Å². The normalized spacial score (nSPS) is 12.9. The Bertz CT molecular complexity index is 276. The van der Waals surface area contributed by atoms with Gasteiger partial charge in [-0.05, 0) is 12.1 Å². The molecule has 1 rings (SSSR count). The Morgan fingerprint density at radius 1 is 1.42 bits per heavy atom. The highest BCUT2D eigenvalue weighted by Crippen LogP contribution is 2.23. The molecule has 1 unspecified atom stereocenters. The molecule has 0 fully saturated rings. The summed E-state index contributed by atoms with van der Waals surface area (Å²) in [6.45, 7) is -0.762. The topological polar surface area (TPSA) is 40.5 Å². The highest BCUT2D eigenvalue weighted by atomic mass is 19.1. The molecule has 4 heteroatoms. The lowest BCUT2D eigenvalue weighted by molar-refractivity contribution is 0.176. The fraction of sp³-hybridized carbons (Fsp3) is 0.250. The Balaban J connectivity index is 3.01. The number of benzene rings is 1. The van der Waals surface area contributed by atoms with E-state index in [1.54, 1.807) is 0 Å². The number of aliphatic hydroxyl groups excluding tert-OH is 1. The molecule has 0 aromatic heterocycles. The number of alkyl halides is 1. The maximum atomic E-state index is 12.8. The molecule has 0 saturated carbocycles. The van der Waals surface area contributed by atoms with Crippen LogP contribution < -0.4 is 0 Å². The monoisotopic (exact) mass is 174 g/mol. The molecule has 0 aliphatic heterocycles. The average Bonchev–Trinajstić information content (AvgIpc) is 2.03. The maximum absolute atomic E-state index is 12.8. The standard InChI is InChI=1S/C8H8F2O2/c9-7-3-5(12)1-2-6(7)8(10)4-11/h1-3,8,11-12H,4H2. The van der Waals surface area contributed by atoms with E-state index in [0.29, 0.717) is 0 Å². The molecule has 0 saturated heterocycles. The molecule has 0 radical (unpaired) electrons. The number of aromatic hydroxyl groups is 1. The summed E-state index contributed by atoms with van der Waals surface area (Å²) in [5.74, 6) is -1.11. The summed E-state index contributed by atoms with van der Waals surface area (Å²) in [7, 11) is 0. The second kappa shape index (κ2) is 3.49. The zero-order chi connectivity index (χ0) is 9.14. The van der Waals surface area contributed by atoms with E-state index in [0.717, 1.165) is 12.1 Å². The Morgan fingerprint density at radius 2 is 2.08 bits per heavy atom. The number of halogens is 2. The van der Waals surface area contributed by atoms with Crippen molar-refractivity contribution in [3.05, 3.63) is 29.6 Å². The maximum Gasteiger partial charge on any atom is 0.151 e. The Labute approximate surface area is 68.1 Å². The zero-order valence-corrected chi connectivity index (χ0v) is 6.17. The van der Waals surface area contributed by atoms with Gasteiger partial charge in [0.25, 0.3) is 0 Å². The highest BCUT2D eigenvalue weighted by molar-refractivity contribution is 5.29. The van der Waals surface area contributed by atoms with Crippen molar-refractivity contribution in [3.63, 3.8) is 0 Å². The molecule has 1 aromatic carbocycles. The van der Waals surface area contributed by atoms with Crippen LogP contribution in [0.3, 0.4) is 0 Å². The van der Waals surface area contributed by atoms with Gasteiger partial charge in [0.05, 0.1) is 6.61 Å². The van der Waals surface area contributed by atoms with Crippen molar-refractivity contribution in [1.29, 1.82) is 0 Å². The number of hydrogen-bond donors (Lipinski definition) is 2. The van der Waals surface area contributed by atoms with Gasteiger partial charge in [0.15, 0.2) is 6.17 Å². The van der Waals surface area contributed by atoms with Crippen LogP contribution in [0.1, 0.15) is 11.7 Å². The smallest absolute Gasteiger partial charge is 0.151 e. The Morgan fingerprint density at radius 3 is 2.58 bits per heavy atom. The van der Waals surface area contributed by atoms with Gasteiger partial charge < -0.3 is 10.2 Å². The lowest BCUT2D eigenvalue weighted by Gasteiger charge is -2.05. The van der Waals surface area contributed by atoms with Gasteiger partial charge in [-0.1, -0.05) is 0 Å². The molecule has 0 heterocycles. The molecular formula is C8H8F2O2. The Hall–Kier alpha value is -1.16. The van der Waals surface area contributed by atoms with Crippen molar-refractivity contribution in [1.82, 2.24) is 0 Å². The van der Waals surface area contributed by atoms with E-state index in [1.807, 2.05) is 0 Å². The van der Waals surface area contributed by atoms with Crippen LogP contribution in [0.25, 0.3) is 0 Å². The molecule has 12 heavy (non-hydrogen) atoms. The molecule has 2 nitrogen and oxygen atoms in total. The van der Waals surface area contributed by atoms with Crippen molar-refractivity contribution < 1.29 is 19.0 Å². The third-order valence-electron chi connectivity index (χ3n) is 1.48. The zero-order valence-electron chi connectivity index (χ0n) is 6.17. The molecule has 0 aliphatic rings. The van der Waals surface area contributed by atoms with E-state index in [4.69, 9.17) is 10.2 Å². The van der Waals surface area contributed by atoms with Crippen LogP contribution >= 0.6 is 0 Å². The van der Waals surface area contributed by atoms with Crippen LogP contribution in [-0.4, -0.2) is 16.8 Å². The molecular weight excluding hydrogens is 166 g/mol. The van der Waals surface area contributed by atoms with E-state index < -0.39 is 18.6 Å². The molecule has 0 aliphatic carbocycles. The number of phenolic OH excluding ortho intramolecular Hbond substituents is 1. The molecule has 0 bridgehead atoms. The number of aliphatic hydroxyl groups is 1. The van der Waals surface area contributed by atoms with E-state index in [-0.39, 0.29) is 11.3 Å². The fourth-order valence-electron chi connectivity index (χ4n) is 0.868. The molecule has 66 valence electrons. The first-order chi connectivity index (χ1) is 5.65. The minimum Gasteiger partial charge on any atom is -0.508 e. The summed E-state index contributed by atoms with van der Waals surface area (Å²) in [6, 6.07) is 3.07. The van der Waals surface area contributed by atoms with Crippen molar-refractivity contribution in [3.8, 4) is 5.75 Å². The lowest BCUT2D eigenvalue weighted by atomic mass is 10.1. The van der Waals surface area contributed by atoms with Crippen molar-refractivity contribution >= 4 is 0 Å². The SMILES string of the molecule is OCC(F)c1ccc(O)cc1F. The summed E-state index contributed by atoms with van der Waals surface area (Å²) in [5, 5.41) is 17.1. The molecule has 0 spiro atoms. The predicted molar refractivity (Wildman–Crippen MR) is 39.0 cm³/mol. The third-order valence-corrected chi connectivity index (χ3v) is 1.48. The minimum atomic E-state index is -1.73. The second-order valence-electron chi connectivity index (χ2n) is 2.36. The van der Waals surface area contributed by atoms with Gasteiger partial charge in [0, 0.05) is 11.6 Å². The predicted octanol–water partition coefficient (Wildman–Crippen LogP) is 1.53. The quantitative estimate of drug-likeness (QED) is 0.713. The fourth-order valence-corrected chi connectivity index (χ4v) is 0.868. The molecule has 0 amide bonds. The number of hydrogen-bond acceptors (Lipinski definition) is 2. The largest absolute Gasteiger partial charge is 0.508 e. The summed E-state index contributed by atoms with van der Waals surface area (Å²) in [6.07, 6.45) is -1.73. The van der Waals surface area contributed by atoms with Crippen molar-refractivity contribution in [2.24, 2.45) is 0 Å². The molecule has 1 atom stereocenters. The lowest BCUT2D eigenvalue weighted by Crippen LogP contribution is -1.99. The van der Waals surface area contributed by atoms with Crippen LogP contribution in [0.2, 0.25) is 0 Å². The van der Waals surface area contributed by atoms with Gasteiger partial charge in [0.2, 0.25) is 0 Å². The van der Waals surface area contributed by atoms with Crippen LogP contribution in [0.5, 0.6) is 5.75 Å². The van der Waals surface area contributed by atoms with Gasteiger partial charge in [-0.3, -0.25) is 0 Å². The highest BCUT2D eigenvalue weighted by Gasteiger charge is 2.13. The van der Waals surface area contributed by atoms with Crippen molar-refractivity contribution in [2.45, 2.75) is 6.17 Å². The summed E-state index contributed by atoms with van der Waals surface area (Å²) in [4.78, 5) is 0. The van der Waals surface area contributed by atoms with E-state index >= 15 is 0 Å². The summed E-state index contributed by atoms with van der Waals surface area (Å²) >= 11 is 0. The summed E-state index contributed by atoms with van der Waals surface area (Å²) in [5.41, 5.74) is -0.240. The van der Waals surface area contributed by atoms with Gasteiger partial charge >= 0.3 is 0 Å². The van der Waals surface area contributed by atoms with Gasteiger partial charge in [0.1, 0.15) is 11.6 Å². The Kier molecular flexibility index (Phi) is 2.60. The average molecular weight is 174 g/mol. The number of rotatable bonds is 2. The molecule has 1 aromatic rings. The third kappa shape index (κ3) is 1.71. The van der Waals surface area contributed by atoms with Crippen molar-refractivity contribution in [2.75, 3.05) is 6.61 Å². The van der Waals surface area contributed by atoms with Gasteiger partial charge in [-0.15, -0.1) is 0 Å². The summed E-state index contributed by atoms with van der Waals surface area (Å²) < 4.78 is 25.5. The first-order valence-corrected chi connectivity index (χ1v) is 3.38. The first kappa shape index (κ1) is 8.93. The van der Waals surface area contributed by atoms with Crippen LogP contribution in [0.15, 0.2) is 18.2 Å². The van der Waals surface area contributed by atoms with Crippen LogP contribution in [0, 0.1) is 5.82 Å². The number of phenols is 1. The van der Waals surface area contributed by atoms with E-state index in [2.05, 4.69) is 0 Å². The minimum absolute atomic E-state index is 0.240.